The first kappa shape index (κ1) is 28.8. The summed E-state index contributed by atoms with van der Waals surface area (Å²) in [5, 5.41) is 6.86. The fourth-order valence-corrected chi connectivity index (χ4v) is 8.64. The summed E-state index contributed by atoms with van der Waals surface area (Å²) >= 11 is 0. The van der Waals surface area contributed by atoms with E-state index in [4.69, 9.17) is 24.4 Å². The van der Waals surface area contributed by atoms with Gasteiger partial charge in [-0.2, -0.15) is 15.0 Å². The maximum absolute atomic E-state index is 6.60. The SMILES string of the molecule is CCN(CC)c1nc(NCCOC23CC(C)CCC2C3(C)C)nc(NCCOC23CC(C)CCC2C3(C)C)n1. The molecule has 4 saturated carbocycles. The first-order valence-electron chi connectivity index (χ1n) is 15.8. The van der Waals surface area contributed by atoms with E-state index in [9.17, 15) is 0 Å². The zero-order valence-electron chi connectivity index (χ0n) is 25.9. The predicted molar refractivity (Wildman–Crippen MR) is 158 cm³/mol. The Labute approximate surface area is 236 Å². The van der Waals surface area contributed by atoms with Crippen LogP contribution in [0.25, 0.3) is 0 Å². The van der Waals surface area contributed by atoms with Gasteiger partial charge < -0.3 is 25.0 Å². The second-order valence-electron chi connectivity index (χ2n) is 14.1. The molecular formula is C31H54N6O2. The Hall–Kier alpha value is -1.67. The normalized spacial score (nSPS) is 35.5. The average molecular weight is 543 g/mol. The van der Waals surface area contributed by atoms with Crippen LogP contribution in [0.4, 0.5) is 17.8 Å². The van der Waals surface area contributed by atoms with Gasteiger partial charge in [0.1, 0.15) is 0 Å². The summed E-state index contributed by atoms with van der Waals surface area (Å²) in [7, 11) is 0. The van der Waals surface area contributed by atoms with Gasteiger partial charge in [-0.15, -0.1) is 0 Å². The molecule has 0 aromatic carbocycles. The smallest absolute Gasteiger partial charge is 0.231 e. The molecule has 0 radical (unpaired) electrons. The van der Waals surface area contributed by atoms with Crippen LogP contribution in [0, 0.1) is 34.5 Å². The maximum atomic E-state index is 6.60. The lowest BCUT2D eigenvalue weighted by Gasteiger charge is -2.28. The Morgan fingerprint density at radius 1 is 0.718 bits per heavy atom. The summed E-state index contributed by atoms with van der Waals surface area (Å²) in [6.07, 6.45) is 7.59. The molecule has 0 spiro atoms. The van der Waals surface area contributed by atoms with Gasteiger partial charge in [0.05, 0.1) is 24.4 Å². The molecule has 220 valence electrons. The van der Waals surface area contributed by atoms with Crippen molar-refractivity contribution in [3.63, 3.8) is 0 Å². The molecule has 0 aliphatic heterocycles. The minimum atomic E-state index is 0.0509. The third kappa shape index (κ3) is 5.02. The third-order valence-electron chi connectivity index (χ3n) is 11.2. The predicted octanol–water partition coefficient (Wildman–Crippen LogP) is 6.00. The van der Waals surface area contributed by atoms with Gasteiger partial charge in [-0.1, -0.05) is 54.4 Å². The second-order valence-corrected chi connectivity index (χ2v) is 14.1. The molecule has 0 saturated heterocycles. The molecular weight excluding hydrogens is 488 g/mol. The first-order chi connectivity index (χ1) is 18.5. The fraction of sp³-hybridized carbons (Fsp3) is 0.903. The highest BCUT2D eigenvalue weighted by atomic mass is 16.5. The van der Waals surface area contributed by atoms with Crippen molar-refractivity contribution in [3.8, 4) is 0 Å². The van der Waals surface area contributed by atoms with Crippen molar-refractivity contribution in [2.75, 3.05) is 54.9 Å². The molecule has 4 aliphatic rings. The van der Waals surface area contributed by atoms with Crippen molar-refractivity contribution < 1.29 is 9.47 Å². The van der Waals surface area contributed by atoms with Gasteiger partial charge in [-0.3, -0.25) is 0 Å². The van der Waals surface area contributed by atoms with E-state index in [0.29, 0.717) is 56.0 Å². The summed E-state index contributed by atoms with van der Waals surface area (Å²) in [4.78, 5) is 16.3. The highest BCUT2D eigenvalue weighted by Crippen LogP contribution is 2.71. The van der Waals surface area contributed by atoms with Crippen molar-refractivity contribution in [1.82, 2.24) is 15.0 Å². The Bertz CT molecular complexity index is 943. The molecule has 2 N–H and O–H groups in total. The van der Waals surface area contributed by atoms with Crippen LogP contribution in [0.2, 0.25) is 0 Å². The number of fused-ring (bicyclic) bond motifs is 2. The number of nitrogens with zero attached hydrogens (tertiary/aromatic N) is 4. The van der Waals surface area contributed by atoms with Gasteiger partial charge in [0, 0.05) is 26.2 Å². The molecule has 6 atom stereocenters. The van der Waals surface area contributed by atoms with Crippen LogP contribution in [-0.2, 0) is 9.47 Å². The number of rotatable bonds is 13. The van der Waals surface area contributed by atoms with E-state index in [1.54, 1.807) is 0 Å². The third-order valence-corrected chi connectivity index (χ3v) is 11.2. The minimum Gasteiger partial charge on any atom is -0.372 e. The Balaban J connectivity index is 1.16. The molecule has 1 heterocycles. The van der Waals surface area contributed by atoms with E-state index in [2.05, 4.69) is 70.9 Å². The lowest BCUT2D eigenvalue weighted by molar-refractivity contribution is -0.0201. The summed E-state index contributed by atoms with van der Waals surface area (Å²) < 4.78 is 13.2. The van der Waals surface area contributed by atoms with E-state index in [1.807, 2.05) is 0 Å². The zero-order chi connectivity index (χ0) is 28.1. The van der Waals surface area contributed by atoms with Gasteiger partial charge in [0.25, 0.3) is 0 Å². The largest absolute Gasteiger partial charge is 0.372 e. The highest BCUT2D eigenvalue weighted by Gasteiger charge is 2.73. The van der Waals surface area contributed by atoms with E-state index in [-0.39, 0.29) is 22.0 Å². The summed E-state index contributed by atoms with van der Waals surface area (Å²) in [5.74, 6) is 4.77. The molecule has 0 amide bonds. The van der Waals surface area contributed by atoms with Crippen LogP contribution in [0.3, 0.4) is 0 Å². The number of hydrogen-bond donors (Lipinski definition) is 2. The molecule has 8 nitrogen and oxygen atoms in total. The number of nitrogens with one attached hydrogen (secondary N) is 2. The fourth-order valence-electron chi connectivity index (χ4n) is 8.64. The molecule has 4 fully saturated rings. The minimum absolute atomic E-state index is 0.0509. The number of ether oxygens (including phenoxy) is 2. The Kier molecular flexibility index (Phi) is 7.86. The van der Waals surface area contributed by atoms with Crippen LogP contribution in [0.15, 0.2) is 0 Å². The maximum Gasteiger partial charge on any atom is 0.231 e. The van der Waals surface area contributed by atoms with E-state index < -0.39 is 0 Å². The van der Waals surface area contributed by atoms with E-state index in [0.717, 1.165) is 24.9 Å². The lowest BCUT2D eigenvalue weighted by Crippen LogP contribution is -2.30. The molecule has 8 heteroatoms. The molecule has 4 aliphatic carbocycles. The topological polar surface area (TPSA) is 84.4 Å². The molecule has 5 rings (SSSR count). The molecule has 6 unspecified atom stereocenters. The van der Waals surface area contributed by atoms with Gasteiger partial charge in [-0.25, -0.2) is 0 Å². The van der Waals surface area contributed by atoms with Crippen molar-refractivity contribution >= 4 is 17.8 Å². The van der Waals surface area contributed by atoms with Crippen molar-refractivity contribution in [2.24, 2.45) is 34.5 Å². The number of hydrogen-bond acceptors (Lipinski definition) is 8. The quantitative estimate of drug-likeness (QED) is 0.294. The van der Waals surface area contributed by atoms with Gasteiger partial charge in [0.2, 0.25) is 17.8 Å². The highest BCUT2D eigenvalue weighted by molar-refractivity contribution is 5.43. The summed E-state index contributed by atoms with van der Waals surface area (Å²) in [6.45, 7) is 22.9. The van der Waals surface area contributed by atoms with E-state index >= 15 is 0 Å². The first-order valence-corrected chi connectivity index (χ1v) is 15.8. The summed E-state index contributed by atoms with van der Waals surface area (Å²) in [5.41, 5.74) is 0.667. The summed E-state index contributed by atoms with van der Waals surface area (Å²) in [6, 6.07) is 0. The second kappa shape index (κ2) is 10.6. The van der Waals surface area contributed by atoms with Gasteiger partial charge in [-0.05, 0) is 74.0 Å². The molecule has 1 aromatic heterocycles. The average Bonchev–Trinajstić information content (AvgIpc) is 3.59. The standard InChI is InChI=1S/C31H54N6O2/c1-9-37(10-2)27-35-25(32-15-17-38-30-19-21(3)11-13-23(30)28(30,5)6)34-26(36-27)33-16-18-39-31-20-22(4)12-14-24(31)29(31,7)8/h21-24H,9-20H2,1-8H3,(H2,32,33,34,35,36). The van der Waals surface area contributed by atoms with Crippen molar-refractivity contribution in [3.05, 3.63) is 0 Å². The van der Waals surface area contributed by atoms with Gasteiger partial charge >= 0.3 is 0 Å². The van der Waals surface area contributed by atoms with Crippen LogP contribution >= 0.6 is 0 Å². The molecule has 39 heavy (non-hydrogen) atoms. The number of aromatic nitrogens is 3. The van der Waals surface area contributed by atoms with Crippen LogP contribution in [0.1, 0.15) is 93.9 Å². The van der Waals surface area contributed by atoms with Crippen LogP contribution < -0.4 is 15.5 Å². The Morgan fingerprint density at radius 3 is 1.56 bits per heavy atom. The van der Waals surface area contributed by atoms with Crippen molar-refractivity contribution in [1.29, 1.82) is 0 Å². The Morgan fingerprint density at radius 2 is 1.15 bits per heavy atom. The van der Waals surface area contributed by atoms with Crippen LogP contribution in [0.5, 0.6) is 0 Å². The van der Waals surface area contributed by atoms with Gasteiger partial charge in [0.15, 0.2) is 0 Å². The molecule has 1 aromatic rings. The van der Waals surface area contributed by atoms with E-state index in [1.165, 1.54) is 38.5 Å². The zero-order valence-corrected chi connectivity index (χ0v) is 25.9. The monoisotopic (exact) mass is 542 g/mol. The van der Waals surface area contributed by atoms with Crippen LogP contribution in [-0.4, -0.2) is 65.5 Å². The molecule has 0 bridgehead atoms. The lowest BCUT2D eigenvalue weighted by atomic mass is 9.88. The number of anilines is 3. The van der Waals surface area contributed by atoms with Crippen molar-refractivity contribution in [2.45, 2.75) is 105 Å².